The minimum Gasteiger partial charge on any atom is -0.383 e. The Bertz CT molecular complexity index is 1140. The van der Waals surface area contributed by atoms with Crippen LogP contribution in [0.4, 0.5) is 5.82 Å². The van der Waals surface area contributed by atoms with Gasteiger partial charge in [0.2, 0.25) is 0 Å². The van der Waals surface area contributed by atoms with Gasteiger partial charge >= 0.3 is 0 Å². The van der Waals surface area contributed by atoms with Gasteiger partial charge in [-0.05, 0) is 30.7 Å². The van der Waals surface area contributed by atoms with E-state index in [0.717, 1.165) is 27.8 Å². The fourth-order valence-corrected chi connectivity index (χ4v) is 2.88. The van der Waals surface area contributed by atoms with Gasteiger partial charge in [0.25, 0.3) is 0 Å². The van der Waals surface area contributed by atoms with Crippen molar-refractivity contribution in [3.8, 4) is 28.5 Å². The van der Waals surface area contributed by atoms with Crippen LogP contribution in [0.15, 0.2) is 60.9 Å². The normalized spacial score (nSPS) is 10.6. The van der Waals surface area contributed by atoms with Crippen LogP contribution in [-0.4, -0.2) is 15.0 Å². The summed E-state index contributed by atoms with van der Waals surface area (Å²) in [6.07, 6.45) is 1.42. The minimum atomic E-state index is 0.405. The fraction of sp³-hybridized carbons (Fsp3) is 0.0476. The van der Waals surface area contributed by atoms with Gasteiger partial charge in [-0.3, -0.25) is 0 Å². The summed E-state index contributed by atoms with van der Waals surface area (Å²) >= 11 is 0. The number of hydrogen-bond acceptors (Lipinski definition) is 5. The van der Waals surface area contributed by atoms with E-state index in [4.69, 9.17) is 16.0 Å². The summed E-state index contributed by atoms with van der Waals surface area (Å²) in [5, 5.41) is 9.76. The third-order valence-corrected chi connectivity index (χ3v) is 4.31. The minimum absolute atomic E-state index is 0.405. The van der Waals surface area contributed by atoms with Crippen molar-refractivity contribution in [1.29, 1.82) is 5.26 Å². The van der Waals surface area contributed by atoms with Gasteiger partial charge < -0.3 is 5.73 Å². The topological polar surface area (TPSA) is 88.5 Å². The molecule has 0 aliphatic carbocycles. The predicted octanol–water partition coefficient (Wildman–Crippen LogP) is 4.12. The molecule has 124 valence electrons. The molecule has 0 unspecified atom stereocenters. The average Bonchev–Trinajstić information content (AvgIpc) is 2.68. The lowest BCUT2D eigenvalue weighted by molar-refractivity contribution is 1.19. The average molecular weight is 337 g/mol. The summed E-state index contributed by atoms with van der Waals surface area (Å²) in [4.78, 5) is 13.1. The number of benzene rings is 2. The van der Waals surface area contributed by atoms with E-state index in [9.17, 15) is 0 Å². The van der Waals surface area contributed by atoms with Crippen LogP contribution in [-0.2, 0) is 0 Å². The smallest absolute Gasteiger partial charge is 0.165 e. The van der Waals surface area contributed by atoms with Crippen LogP contribution in [0.25, 0.3) is 33.4 Å². The van der Waals surface area contributed by atoms with Gasteiger partial charge in [-0.1, -0.05) is 42.0 Å². The molecule has 2 heterocycles. The van der Waals surface area contributed by atoms with E-state index in [2.05, 4.69) is 47.2 Å². The highest BCUT2D eigenvalue weighted by Gasteiger charge is 2.14. The first-order valence-electron chi connectivity index (χ1n) is 8.14. The Hall–Kier alpha value is -3.78. The van der Waals surface area contributed by atoms with E-state index in [-0.39, 0.29) is 0 Å². The Kier molecular flexibility index (Phi) is 3.79. The number of aryl methyl sites for hydroxylation is 1. The number of nitriles is 1. The van der Waals surface area contributed by atoms with Gasteiger partial charge in [0, 0.05) is 11.1 Å². The quantitative estimate of drug-likeness (QED) is 0.594. The summed E-state index contributed by atoms with van der Waals surface area (Å²) in [5.74, 6) is 0.405. The Balaban J connectivity index is 2.01. The number of nitrogen functional groups attached to an aromatic ring is 1. The summed E-state index contributed by atoms with van der Waals surface area (Å²) < 4.78 is 0. The molecule has 2 aromatic heterocycles. The Morgan fingerprint density at radius 1 is 0.923 bits per heavy atom. The largest absolute Gasteiger partial charge is 0.383 e. The molecule has 0 atom stereocenters. The fourth-order valence-electron chi connectivity index (χ4n) is 2.88. The molecule has 5 nitrogen and oxygen atoms in total. The second-order valence-electron chi connectivity index (χ2n) is 6.07. The maximum atomic E-state index is 9.03. The number of fused-ring (bicyclic) bond motifs is 1. The van der Waals surface area contributed by atoms with Crippen molar-refractivity contribution in [2.75, 3.05) is 5.73 Å². The SMILES string of the molecule is Cc1ccc(-c2cc3c(N)ncnc3nc2-c2ccc(C#N)cc2)cc1. The molecule has 2 aromatic carbocycles. The number of nitrogens with two attached hydrogens (primary N) is 1. The van der Waals surface area contributed by atoms with Crippen molar-refractivity contribution >= 4 is 16.9 Å². The lowest BCUT2D eigenvalue weighted by Crippen LogP contribution is -1.98. The molecule has 5 heteroatoms. The van der Waals surface area contributed by atoms with E-state index in [0.29, 0.717) is 17.0 Å². The molecule has 0 saturated heterocycles. The number of anilines is 1. The molecule has 26 heavy (non-hydrogen) atoms. The summed E-state index contributed by atoms with van der Waals surface area (Å²) in [5.41, 5.74) is 12.1. The highest BCUT2D eigenvalue weighted by molar-refractivity contribution is 5.94. The Morgan fingerprint density at radius 2 is 1.62 bits per heavy atom. The summed E-state index contributed by atoms with van der Waals surface area (Å²) in [6, 6.07) is 19.7. The summed E-state index contributed by atoms with van der Waals surface area (Å²) in [6.45, 7) is 2.05. The first kappa shape index (κ1) is 15.7. The van der Waals surface area contributed by atoms with Crippen molar-refractivity contribution in [2.24, 2.45) is 0 Å². The van der Waals surface area contributed by atoms with E-state index in [1.54, 1.807) is 12.1 Å². The summed E-state index contributed by atoms with van der Waals surface area (Å²) in [7, 11) is 0. The van der Waals surface area contributed by atoms with Crippen LogP contribution in [0.5, 0.6) is 0 Å². The monoisotopic (exact) mass is 337 g/mol. The van der Waals surface area contributed by atoms with Crippen LogP contribution in [0, 0.1) is 18.3 Å². The molecule has 0 saturated carbocycles. The van der Waals surface area contributed by atoms with Crippen molar-refractivity contribution in [3.05, 3.63) is 72.1 Å². The third kappa shape index (κ3) is 2.74. The lowest BCUT2D eigenvalue weighted by atomic mass is 9.97. The second kappa shape index (κ2) is 6.26. The third-order valence-electron chi connectivity index (χ3n) is 4.31. The van der Waals surface area contributed by atoms with Gasteiger partial charge in [0.1, 0.15) is 12.1 Å². The van der Waals surface area contributed by atoms with Gasteiger partial charge in [-0.15, -0.1) is 0 Å². The van der Waals surface area contributed by atoms with Crippen molar-refractivity contribution in [3.63, 3.8) is 0 Å². The van der Waals surface area contributed by atoms with Crippen molar-refractivity contribution < 1.29 is 0 Å². The van der Waals surface area contributed by atoms with Crippen LogP contribution >= 0.6 is 0 Å². The van der Waals surface area contributed by atoms with Gasteiger partial charge in [0.15, 0.2) is 5.65 Å². The molecule has 0 fully saturated rings. The molecule has 4 rings (SSSR count). The highest BCUT2D eigenvalue weighted by atomic mass is 15.0. The maximum absolute atomic E-state index is 9.03. The van der Waals surface area contributed by atoms with E-state index in [1.807, 2.05) is 18.2 Å². The van der Waals surface area contributed by atoms with Gasteiger partial charge in [0.05, 0.1) is 22.7 Å². The zero-order valence-corrected chi connectivity index (χ0v) is 14.1. The number of hydrogen-bond donors (Lipinski definition) is 1. The van der Waals surface area contributed by atoms with Crippen LogP contribution in [0.2, 0.25) is 0 Å². The molecular formula is C21H15N5. The number of rotatable bonds is 2. The van der Waals surface area contributed by atoms with E-state index >= 15 is 0 Å². The molecule has 0 spiro atoms. The Morgan fingerprint density at radius 3 is 2.31 bits per heavy atom. The molecule has 4 aromatic rings. The number of aromatic nitrogens is 3. The van der Waals surface area contributed by atoms with Crippen molar-refractivity contribution in [1.82, 2.24) is 15.0 Å². The van der Waals surface area contributed by atoms with Crippen LogP contribution in [0.3, 0.4) is 0 Å². The first-order chi connectivity index (χ1) is 12.7. The van der Waals surface area contributed by atoms with Crippen LogP contribution in [0.1, 0.15) is 11.1 Å². The molecule has 0 amide bonds. The maximum Gasteiger partial charge on any atom is 0.165 e. The van der Waals surface area contributed by atoms with Gasteiger partial charge in [-0.25, -0.2) is 15.0 Å². The molecular weight excluding hydrogens is 322 g/mol. The van der Waals surface area contributed by atoms with E-state index in [1.165, 1.54) is 11.9 Å². The van der Waals surface area contributed by atoms with Crippen LogP contribution < -0.4 is 5.73 Å². The standard InChI is InChI=1S/C21H15N5/c1-13-2-6-15(7-3-13)17-10-18-20(23)24-12-25-21(18)26-19(17)16-8-4-14(11-22)5-9-16/h2-10,12H,1H3,(H2,23,24,25,26). The molecule has 2 N–H and O–H groups in total. The second-order valence-corrected chi connectivity index (χ2v) is 6.07. The number of pyridine rings is 1. The lowest BCUT2D eigenvalue weighted by Gasteiger charge is -2.12. The first-order valence-corrected chi connectivity index (χ1v) is 8.14. The van der Waals surface area contributed by atoms with Crippen molar-refractivity contribution in [2.45, 2.75) is 6.92 Å². The predicted molar refractivity (Wildman–Crippen MR) is 102 cm³/mol. The molecule has 0 radical (unpaired) electrons. The van der Waals surface area contributed by atoms with Gasteiger partial charge in [-0.2, -0.15) is 5.26 Å². The Labute approximate surface area is 150 Å². The zero-order valence-electron chi connectivity index (χ0n) is 14.1. The zero-order chi connectivity index (χ0) is 18.1. The van der Waals surface area contributed by atoms with E-state index < -0.39 is 0 Å². The number of nitrogens with zero attached hydrogens (tertiary/aromatic N) is 4. The highest BCUT2D eigenvalue weighted by Crippen LogP contribution is 2.34. The molecule has 0 aliphatic heterocycles. The molecule has 0 bridgehead atoms. The molecule has 0 aliphatic rings.